The number of anilines is 2. The van der Waals surface area contributed by atoms with Gasteiger partial charge in [0, 0.05) is 9.86 Å². The number of benzene rings is 1. The molecule has 4 N–H and O–H groups in total. The Balaban J connectivity index is 2.87. The zero-order valence-corrected chi connectivity index (χ0v) is 8.38. The second-order valence-electron chi connectivity index (χ2n) is 2.79. The highest BCUT2D eigenvalue weighted by Crippen LogP contribution is 2.26. The number of pyridine rings is 1. The first-order chi connectivity index (χ1) is 6.18. The Hall–Kier alpha value is -1.29. The van der Waals surface area contributed by atoms with Gasteiger partial charge in [0.1, 0.15) is 0 Å². The molecule has 2 aromatic rings. The Morgan fingerprint density at radius 1 is 1.23 bits per heavy atom. The van der Waals surface area contributed by atoms with Crippen LogP contribution < -0.4 is 11.5 Å². The summed E-state index contributed by atoms with van der Waals surface area (Å²) >= 11 is 3.36. The van der Waals surface area contributed by atoms with Crippen molar-refractivity contribution in [3.8, 4) is 0 Å². The van der Waals surface area contributed by atoms with Gasteiger partial charge in [-0.05, 0) is 18.2 Å². The Morgan fingerprint density at radius 3 is 2.77 bits per heavy atom. The van der Waals surface area contributed by atoms with Crippen LogP contribution in [0.25, 0.3) is 10.9 Å². The third kappa shape index (κ3) is 1.33. The van der Waals surface area contributed by atoms with Crippen LogP contribution in [0.1, 0.15) is 0 Å². The number of nitrogen functional groups attached to an aromatic ring is 2. The van der Waals surface area contributed by atoms with E-state index in [0.29, 0.717) is 11.4 Å². The van der Waals surface area contributed by atoms with E-state index >= 15 is 0 Å². The second kappa shape index (κ2) is 2.88. The molecule has 0 aliphatic rings. The summed E-state index contributed by atoms with van der Waals surface area (Å²) in [4.78, 5) is 4.17. The quantitative estimate of drug-likeness (QED) is 0.739. The summed E-state index contributed by atoms with van der Waals surface area (Å²) in [6.07, 6.45) is 1.57. The Labute approximate surface area is 83.9 Å². The van der Waals surface area contributed by atoms with Crippen molar-refractivity contribution in [3.63, 3.8) is 0 Å². The molecule has 0 aliphatic heterocycles. The predicted octanol–water partition coefficient (Wildman–Crippen LogP) is 2.16. The second-order valence-corrected chi connectivity index (χ2v) is 3.70. The summed E-state index contributed by atoms with van der Waals surface area (Å²) < 4.78 is 0.983. The lowest BCUT2D eigenvalue weighted by molar-refractivity contribution is 1.41. The number of nitrogens with zero attached hydrogens (tertiary/aromatic N) is 1. The lowest BCUT2D eigenvalue weighted by atomic mass is 10.2. The average molecular weight is 238 g/mol. The van der Waals surface area contributed by atoms with Gasteiger partial charge in [0.2, 0.25) is 0 Å². The van der Waals surface area contributed by atoms with E-state index in [0.717, 1.165) is 15.4 Å². The summed E-state index contributed by atoms with van der Waals surface area (Å²) in [5, 5.41) is 0.892. The van der Waals surface area contributed by atoms with Gasteiger partial charge in [-0.25, -0.2) is 0 Å². The van der Waals surface area contributed by atoms with Crippen LogP contribution in [0.3, 0.4) is 0 Å². The van der Waals surface area contributed by atoms with E-state index in [2.05, 4.69) is 20.9 Å². The van der Waals surface area contributed by atoms with Gasteiger partial charge in [0.05, 0.1) is 23.1 Å². The lowest BCUT2D eigenvalue weighted by Crippen LogP contribution is -1.96. The summed E-state index contributed by atoms with van der Waals surface area (Å²) in [5.74, 6) is 0. The van der Waals surface area contributed by atoms with Crippen LogP contribution in [0, 0.1) is 0 Å². The minimum Gasteiger partial charge on any atom is -0.396 e. The van der Waals surface area contributed by atoms with Crippen molar-refractivity contribution in [2.24, 2.45) is 0 Å². The van der Waals surface area contributed by atoms with Crippen molar-refractivity contribution in [1.29, 1.82) is 0 Å². The summed E-state index contributed by atoms with van der Waals surface area (Å²) in [6.45, 7) is 0. The van der Waals surface area contributed by atoms with Gasteiger partial charge in [0.25, 0.3) is 0 Å². The number of hydrogen-bond donors (Lipinski definition) is 2. The first-order valence-electron chi connectivity index (χ1n) is 3.77. The SMILES string of the molecule is Nc1cnc2cc(Br)ccc2c1N. The highest BCUT2D eigenvalue weighted by atomic mass is 79.9. The minimum absolute atomic E-state index is 0.523. The molecule has 1 aromatic heterocycles. The van der Waals surface area contributed by atoms with Crippen molar-refractivity contribution < 1.29 is 0 Å². The third-order valence-corrected chi connectivity index (χ3v) is 2.40. The fraction of sp³-hybridized carbons (Fsp3) is 0. The molecule has 66 valence electrons. The molecule has 3 nitrogen and oxygen atoms in total. The van der Waals surface area contributed by atoms with E-state index in [4.69, 9.17) is 11.5 Å². The van der Waals surface area contributed by atoms with Gasteiger partial charge in [-0.2, -0.15) is 0 Å². The van der Waals surface area contributed by atoms with Gasteiger partial charge in [-0.15, -0.1) is 0 Å². The Kier molecular flexibility index (Phi) is 1.84. The Bertz CT molecular complexity index is 468. The molecule has 0 atom stereocenters. The van der Waals surface area contributed by atoms with Crippen LogP contribution in [0.5, 0.6) is 0 Å². The van der Waals surface area contributed by atoms with Crippen molar-refractivity contribution in [2.75, 3.05) is 11.5 Å². The van der Waals surface area contributed by atoms with E-state index in [9.17, 15) is 0 Å². The normalized spacial score (nSPS) is 10.5. The number of aromatic nitrogens is 1. The largest absolute Gasteiger partial charge is 0.396 e. The molecule has 0 bridgehead atoms. The molecule has 2 rings (SSSR count). The molecule has 0 unspecified atom stereocenters. The first-order valence-corrected chi connectivity index (χ1v) is 4.57. The molecule has 0 spiro atoms. The summed E-state index contributed by atoms with van der Waals surface area (Å²) in [5.41, 5.74) is 13.4. The van der Waals surface area contributed by atoms with Crippen LogP contribution in [0.2, 0.25) is 0 Å². The standard InChI is InChI=1S/C9H8BrN3/c10-5-1-2-6-8(3-5)13-4-7(11)9(6)12/h1-4H,11H2,(H2,12,13). The maximum atomic E-state index is 5.79. The molecule has 1 heterocycles. The molecule has 1 aromatic carbocycles. The van der Waals surface area contributed by atoms with E-state index in [-0.39, 0.29) is 0 Å². The fourth-order valence-corrected chi connectivity index (χ4v) is 1.55. The van der Waals surface area contributed by atoms with Crippen LogP contribution in [-0.2, 0) is 0 Å². The monoisotopic (exact) mass is 237 g/mol. The summed E-state index contributed by atoms with van der Waals surface area (Å²) in [6, 6.07) is 5.73. The smallest absolute Gasteiger partial charge is 0.0740 e. The molecule has 4 heteroatoms. The molecule has 0 saturated carbocycles. The maximum Gasteiger partial charge on any atom is 0.0740 e. The molecule has 0 amide bonds. The van der Waals surface area contributed by atoms with Crippen LogP contribution in [0.4, 0.5) is 11.4 Å². The number of halogens is 1. The van der Waals surface area contributed by atoms with Gasteiger partial charge in [-0.3, -0.25) is 4.98 Å². The molecule has 0 radical (unpaired) electrons. The van der Waals surface area contributed by atoms with Crippen molar-refractivity contribution >= 4 is 38.2 Å². The first kappa shape index (κ1) is 8.31. The van der Waals surface area contributed by atoms with E-state index in [1.807, 2.05) is 18.2 Å². The van der Waals surface area contributed by atoms with Crippen LogP contribution >= 0.6 is 15.9 Å². The lowest BCUT2D eigenvalue weighted by Gasteiger charge is -2.04. The number of fused-ring (bicyclic) bond motifs is 1. The van der Waals surface area contributed by atoms with Gasteiger partial charge in [-0.1, -0.05) is 15.9 Å². The molecular weight excluding hydrogens is 230 g/mol. The predicted molar refractivity (Wildman–Crippen MR) is 58.3 cm³/mol. The van der Waals surface area contributed by atoms with Gasteiger partial charge >= 0.3 is 0 Å². The fourth-order valence-electron chi connectivity index (χ4n) is 1.20. The number of rotatable bonds is 0. The molecular formula is C9H8BrN3. The zero-order chi connectivity index (χ0) is 9.42. The van der Waals surface area contributed by atoms with Crippen LogP contribution in [0.15, 0.2) is 28.9 Å². The van der Waals surface area contributed by atoms with Crippen molar-refractivity contribution in [1.82, 2.24) is 4.98 Å². The number of hydrogen-bond acceptors (Lipinski definition) is 3. The third-order valence-electron chi connectivity index (χ3n) is 1.90. The average Bonchev–Trinajstić information content (AvgIpc) is 2.12. The van der Waals surface area contributed by atoms with Gasteiger partial charge < -0.3 is 11.5 Å². The van der Waals surface area contributed by atoms with Crippen LogP contribution in [-0.4, -0.2) is 4.98 Å². The zero-order valence-electron chi connectivity index (χ0n) is 6.79. The van der Waals surface area contributed by atoms with Crippen molar-refractivity contribution in [2.45, 2.75) is 0 Å². The van der Waals surface area contributed by atoms with E-state index in [1.54, 1.807) is 6.20 Å². The van der Waals surface area contributed by atoms with E-state index in [1.165, 1.54) is 0 Å². The highest BCUT2D eigenvalue weighted by Gasteiger charge is 2.02. The topological polar surface area (TPSA) is 64.9 Å². The summed E-state index contributed by atoms with van der Waals surface area (Å²) in [7, 11) is 0. The highest BCUT2D eigenvalue weighted by molar-refractivity contribution is 9.10. The minimum atomic E-state index is 0.523. The number of nitrogens with two attached hydrogens (primary N) is 2. The molecule has 0 saturated heterocycles. The maximum absolute atomic E-state index is 5.79. The van der Waals surface area contributed by atoms with Crippen molar-refractivity contribution in [3.05, 3.63) is 28.9 Å². The van der Waals surface area contributed by atoms with Gasteiger partial charge in [0.15, 0.2) is 0 Å². The Morgan fingerprint density at radius 2 is 2.00 bits per heavy atom. The molecule has 0 fully saturated rings. The van der Waals surface area contributed by atoms with E-state index < -0.39 is 0 Å². The molecule has 13 heavy (non-hydrogen) atoms. The molecule has 0 aliphatic carbocycles.